The SMILES string of the molecule is COC(=O)C1Cc2c([nH]c3ccccc23)C(c2cccc(Br)c2)N1C(C)=O. The van der Waals surface area contributed by atoms with Crippen LogP contribution in [0.2, 0.25) is 0 Å². The predicted molar refractivity (Wildman–Crippen MR) is 106 cm³/mol. The van der Waals surface area contributed by atoms with Gasteiger partial charge in [0.25, 0.3) is 0 Å². The van der Waals surface area contributed by atoms with Gasteiger partial charge < -0.3 is 14.6 Å². The second-order valence-corrected chi connectivity index (χ2v) is 7.61. The lowest BCUT2D eigenvalue weighted by atomic mass is 9.88. The Labute approximate surface area is 165 Å². The summed E-state index contributed by atoms with van der Waals surface area (Å²) in [5.74, 6) is -0.569. The number of halogens is 1. The number of benzene rings is 2. The third-order valence-electron chi connectivity index (χ3n) is 5.13. The third-order valence-corrected chi connectivity index (χ3v) is 5.63. The molecule has 0 bridgehead atoms. The molecule has 0 fully saturated rings. The highest BCUT2D eigenvalue weighted by Gasteiger charge is 2.42. The predicted octanol–water partition coefficient (Wildman–Crippen LogP) is 3.97. The molecule has 2 unspecified atom stereocenters. The summed E-state index contributed by atoms with van der Waals surface area (Å²) in [6.45, 7) is 1.49. The Kier molecular flexibility index (Phi) is 4.52. The van der Waals surface area contributed by atoms with E-state index in [-0.39, 0.29) is 11.9 Å². The van der Waals surface area contributed by atoms with Gasteiger partial charge in [0.1, 0.15) is 6.04 Å². The highest BCUT2D eigenvalue weighted by atomic mass is 79.9. The number of aromatic nitrogens is 1. The number of methoxy groups -OCH3 is 1. The molecule has 1 aliphatic heterocycles. The lowest BCUT2D eigenvalue weighted by molar-refractivity contribution is -0.154. The van der Waals surface area contributed by atoms with Gasteiger partial charge in [-0.25, -0.2) is 4.79 Å². The molecule has 0 spiro atoms. The van der Waals surface area contributed by atoms with Gasteiger partial charge in [0, 0.05) is 34.4 Å². The number of rotatable bonds is 2. The monoisotopic (exact) mass is 426 g/mol. The summed E-state index contributed by atoms with van der Waals surface area (Å²) in [7, 11) is 1.36. The lowest BCUT2D eigenvalue weighted by Gasteiger charge is -2.40. The Morgan fingerprint density at radius 3 is 2.67 bits per heavy atom. The molecule has 1 amide bonds. The lowest BCUT2D eigenvalue weighted by Crippen LogP contribution is -2.51. The van der Waals surface area contributed by atoms with Crippen LogP contribution in [0.15, 0.2) is 53.0 Å². The van der Waals surface area contributed by atoms with E-state index in [1.54, 1.807) is 4.90 Å². The smallest absolute Gasteiger partial charge is 0.328 e. The summed E-state index contributed by atoms with van der Waals surface area (Å²) in [5.41, 5.74) is 3.94. The van der Waals surface area contributed by atoms with E-state index in [1.807, 2.05) is 48.5 Å². The van der Waals surface area contributed by atoms with E-state index in [0.717, 1.165) is 32.2 Å². The number of para-hydroxylation sites is 1. The zero-order valence-corrected chi connectivity index (χ0v) is 16.6. The average molecular weight is 427 g/mol. The molecule has 2 heterocycles. The topological polar surface area (TPSA) is 62.4 Å². The molecular weight excluding hydrogens is 408 g/mol. The van der Waals surface area contributed by atoms with Crippen molar-refractivity contribution in [1.29, 1.82) is 0 Å². The summed E-state index contributed by atoms with van der Waals surface area (Å²) < 4.78 is 5.95. The fourth-order valence-corrected chi connectivity index (χ4v) is 4.44. The number of nitrogens with one attached hydrogen (secondary N) is 1. The minimum Gasteiger partial charge on any atom is -0.467 e. The first-order valence-electron chi connectivity index (χ1n) is 8.73. The Morgan fingerprint density at radius 2 is 1.96 bits per heavy atom. The van der Waals surface area contributed by atoms with Gasteiger partial charge in [-0.05, 0) is 29.3 Å². The second-order valence-electron chi connectivity index (χ2n) is 6.69. The number of aromatic amines is 1. The molecule has 138 valence electrons. The van der Waals surface area contributed by atoms with Crippen LogP contribution in [-0.2, 0) is 20.7 Å². The maximum Gasteiger partial charge on any atom is 0.328 e. The van der Waals surface area contributed by atoms with Crippen LogP contribution in [-0.4, -0.2) is 34.9 Å². The summed E-state index contributed by atoms with van der Waals surface area (Å²) in [5, 5.41) is 1.07. The van der Waals surface area contributed by atoms with Crippen molar-refractivity contribution >= 4 is 38.7 Å². The van der Waals surface area contributed by atoms with E-state index >= 15 is 0 Å². The number of amides is 1. The van der Waals surface area contributed by atoms with Crippen molar-refractivity contribution < 1.29 is 14.3 Å². The van der Waals surface area contributed by atoms with Gasteiger partial charge in [-0.2, -0.15) is 0 Å². The first kappa shape index (κ1) is 17.8. The van der Waals surface area contributed by atoms with Crippen molar-refractivity contribution in [2.45, 2.75) is 25.4 Å². The van der Waals surface area contributed by atoms with Crippen molar-refractivity contribution in [2.24, 2.45) is 0 Å². The fraction of sp³-hybridized carbons (Fsp3) is 0.238. The number of H-pyrrole nitrogens is 1. The Morgan fingerprint density at radius 1 is 1.19 bits per heavy atom. The summed E-state index contributed by atoms with van der Waals surface area (Å²) >= 11 is 3.51. The molecule has 0 saturated carbocycles. The van der Waals surface area contributed by atoms with Gasteiger partial charge in [-0.15, -0.1) is 0 Å². The zero-order chi connectivity index (χ0) is 19.1. The molecule has 5 nitrogen and oxygen atoms in total. The van der Waals surface area contributed by atoms with Crippen LogP contribution in [0.5, 0.6) is 0 Å². The van der Waals surface area contributed by atoms with E-state index < -0.39 is 12.0 Å². The van der Waals surface area contributed by atoms with E-state index in [1.165, 1.54) is 14.0 Å². The first-order chi connectivity index (χ1) is 13.0. The molecule has 0 saturated heterocycles. The molecule has 6 heteroatoms. The van der Waals surface area contributed by atoms with E-state index in [2.05, 4.69) is 20.9 Å². The Bertz CT molecular complexity index is 1040. The average Bonchev–Trinajstić information content (AvgIpc) is 3.04. The molecule has 1 aromatic heterocycles. The van der Waals surface area contributed by atoms with Crippen LogP contribution in [0, 0.1) is 0 Å². The summed E-state index contributed by atoms with van der Waals surface area (Å²) in [4.78, 5) is 30.3. The van der Waals surface area contributed by atoms with Crippen LogP contribution in [0.3, 0.4) is 0 Å². The number of carbonyl (C=O) groups is 2. The van der Waals surface area contributed by atoms with Gasteiger partial charge in [-0.1, -0.05) is 46.3 Å². The number of ether oxygens (including phenoxy) is 1. The molecule has 4 rings (SSSR count). The van der Waals surface area contributed by atoms with Crippen LogP contribution < -0.4 is 0 Å². The second kappa shape index (κ2) is 6.85. The Balaban J connectivity index is 1.99. The number of fused-ring (bicyclic) bond motifs is 3. The molecule has 2 aromatic carbocycles. The van der Waals surface area contributed by atoms with Crippen LogP contribution in [0.1, 0.15) is 29.8 Å². The maximum absolute atomic E-state index is 12.6. The molecule has 3 aromatic rings. The van der Waals surface area contributed by atoms with Crippen molar-refractivity contribution in [2.75, 3.05) is 7.11 Å². The van der Waals surface area contributed by atoms with E-state index in [4.69, 9.17) is 4.74 Å². The molecule has 0 aliphatic carbocycles. The molecule has 27 heavy (non-hydrogen) atoms. The number of hydrogen-bond acceptors (Lipinski definition) is 3. The quantitative estimate of drug-likeness (QED) is 0.630. The van der Waals surface area contributed by atoms with Crippen molar-refractivity contribution in [3.05, 3.63) is 69.8 Å². The Hall–Kier alpha value is -2.60. The first-order valence-corrected chi connectivity index (χ1v) is 9.52. The van der Waals surface area contributed by atoms with Gasteiger partial charge >= 0.3 is 5.97 Å². The molecule has 1 N–H and O–H groups in total. The van der Waals surface area contributed by atoms with Crippen molar-refractivity contribution in [3.8, 4) is 0 Å². The van der Waals surface area contributed by atoms with Gasteiger partial charge in [0.05, 0.1) is 13.2 Å². The molecule has 2 atom stereocenters. The molecule has 0 radical (unpaired) electrons. The normalized spacial score (nSPS) is 19.0. The minimum absolute atomic E-state index is 0.167. The summed E-state index contributed by atoms with van der Waals surface area (Å²) in [6, 6.07) is 14.8. The van der Waals surface area contributed by atoms with Gasteiger partial charge in [-0.3, -0.25) is 4.79 Å². The standard InChI is InChI=1S/C21H19BrN2O3/c1-12(25)24-18(21(26)27-2)11-16-15-8-3-4-9-17(15)23-19(16)20(24)13-6-5-7-14(22)10-13/h3-10,18,20,23H,11H2,1-2H3. The van der Waals surface area contributed by atoms with Crippen molar-refractivity contribution in [3.63, 3.8) is 0 Å². The van der Waals surface area contributed by atoms with E-state index in [0.29, 0.717) is 6.42 Å². The van der Waals surface area contributed by atoms with Crippen molar-refractivity contribution in [1.82, 2.24) is 9.88 Å². The highest BCUT2D eigenvalue weighted by molar-refractivity contribution is 9.10. The molecule has 1 aliphatic rings. The van der Waals surface area contributed by atoms with Gasteiger partial charge in [0.2, 0.25) is 5.91 Å². The number of hydrogen-bond donors (Lipinski definition) is 1. The van der Waals surface area contributed by atoms with Crippen LogP contribution in [0.25, 0.3) is 10.9 Å². The number of carbonyl (C=O) groups excluding carboxylic acids is 2. The zero-order valence-electron chi connectivity index (χ0n) is 15.0. The maximum atomic E-state index is 12.6. The van der Waals surface area contributed by atoms with Gasteiger partial charge in [0.15, 0.2) is 0 Å². The number of esters is 1. The van der Waals surface area contributed by atoms with E-state index in [9.17, 15) is 9.59 Å². The van der Waals surface area contributed by atoms with Crippen LogP contribution in [0.4, 0.5) is 0 Å². The van der Waals surface area contributed by atoms with Crippen LogP contribution >= 0.6 is 15.9 Å². The summed E-state index contributed by atoms with van der Waals surface area (Å²) in [6.07, 6.45) is 0.427. The largest absolute Gasteiger partial charge is 0.467 e. The highest BCUT2D eigenvalue weighted by Crippen LogP contribution is 2.41. The third kappa shape index (κ3) is 2.94. The number of nitrogens with zero attached hydrogens (tertiary/aromatic N) is 1. The molecular formula is C21H19BrN2O3. The fourth-order valence-electron chi connectivity index (χ4n) is 4.02. The minimum atomic E-state index is -0.664.